The van der Waals surface area contributed by atoms with Crippen LogP contribution >= 0.6 is 0 Å². The lowest BCUT2D eigenvalue weighted by atomic mass is 9.73. The zero-order valence-corrected chi connectivity index (χ0v) is 18.5. The predicted octanol–water partition coefficient (Wildman–Crippen LogP) is 2.66. The molecule has 1 saturated carbocycles. The number of piperazine rings is 1. The lowest BCUT2D eigenvalue weighted by Gasteiger charge is -2.58. The molecule has 170 valence electrons. The summed E-state index contributed by atoms with van der Waals surface area (Å²) in [7, 11) is 1.55. The van der Waals surface area contributed by atoms with Gasteiger partial charge in [0.2, 0.25) is 5.91 Å². The van der Waals surface area contributed by atoms with Gasteiger partial charge in [-0.05, 0) is 42.7 Å². The van der Waals surface area contributed by atoms with E-state index in [1.807, 2.05) is 36.4 Å². The summed E-state index contributed by atoms with van der Waals surface area (Å²) in [6, 6.07) is 14.4. The molecule has 0 radical (unpaired) electrons. The number of nitrogens with one attached hydrogen (secondary N) is 1. The lowest BCUT2D eigenvalue weighted by molar-refractivity contribution is -0.159. The third kappa shape index (κ3) is 4.14. The molecule has 7 heteroatoms. The summed E-state index contributed by atoms with van der Waals surface area (Å²) in [6.45, 7) is 0.275. The second-order valence-electron chi connectivity index (χ2n) is 8.82. The average Bonchev–Trinajstić information content (AvgIpc) is 3.64. The van der Waals surface area contributed by atoms with Crippen molar-refractivity contribution in [3.8, 4) is 17.6 Å². The Hall–Kier alpha value is -3.50. The Balaban J connectivity index is 1.31. The van der Waals surface area contributed by atoms with Gasteiger partial charge in [-0.3, -0.25) is 4.79 Å². The Morgan fingerprint density at radius 1 is 1.18 bits per heavy atom. The SMILES string of the molecule is COc1ccccc1NC(=O)N1CC(=O)N2[C@@H](CO)[C@H](c3ccc(C#CC4CC4)cc3)[C@@H]2C1. The van der Waals surface area contributed by atoms with Crippen LogP contribution in [0.1, 0.15) is 29.9 Å². The molecule has 2 heterocycles. The van der Waals surface area contributed by atoms with Gasteiger partial charge in [0.05, 0.1) is 31.5 Å². The molecule has 0 aromatic heterocycles. The van der Waals surface area contributed by atoms with E-state index in [2.05, 4.69) is 17.2 Å². The highest BCUT2D eigenvalue weighted by atomic mass is 16.5. The number of aliphatic hydroxyl groups excluding tert-OH is 1. The summed E-state index contributed by atoms with van der Waals surface area (Å²) >= 11 is 0. The van der Waals surface area contributed by atoms with Crippen molar-refractivity contribution < 1.29 is 19.4 Å². The molecular formula is C26H27N3O4. The van der Waals surface area contributed by atoms with E-state index in [0.29, 0.717) is 23.9 Å². The first-order valence-corrected chi connectivity index (χ1v) is 11.3. The zero-order chi connectivity index (χ0) is 22.9. The van der Waals surface area contributed by atoms with E-state index in [4.69, 9.17) is 4.74 Å². The van der Waals surface area contributed by atoms with Crippen molar-refractivity contribution >= 4 is 17.6 Å². The van der Waals surface area contributed by atoms with E-state index in [-0.39, 0.29) is 43.1 Å². The molecule has 2 aliphatic heterocycles. The normalized spacial score (nSPS) is 23.7. The third-order valence-corrected chi connectivity index (χ3v) is 6.68. The first-order chi connectivity index (χ1) is 16.1. The molecule has 1 aliphatic carbocycles. The van der Waals surface area contributed by atoms with Gasteiger partial charge in [-0.1, -0.05) is 36.1 Å². The Kier molecular flexibility index (Phi) is 5.69. The Bertz CT molecular complexity index is 1120. The summed E-state index contributed by atoms with van der Waals surface area (Å²) in [5.41, 5.74) is 2.58. The topological polar surface area (TPSA) is 82.1 Å². The number of para-hydroxylation sites is 2. The van der Waals surface area contributed by atoms with Crippen LogP contribution in [0.15, 0.2) is 48.5 Å². The van der Waals surface area contributed by atoms with Gasteiger partial charge in [0.25, 0.3) is 0 Å². The number of hydrogen-bond acceptors (Lipinski definition) is 4. The minimum absolute atomic E-state index is 0.0175. The number of methoxy groups -OCH3 is 1. The molecule has 2 saturated heterocycles. The quantitative estimate of drug-likeness (QED) is 0.709. The van der Waals surface area contributed by atoms with Gasteiger partial charge >= 0.3 is 6.03 Å². The second kappa shape index (κ2) is 8.80. The smallest absolute Gasteiger partial charge is 0.322 e. The summed E-state index contributed by atoms with van der Waals surface area (Å²) < 4.78 is 5.31. The number of benzene rings is 2. The summed E-state index contributed by atoms with van der Waals surface area (Å²) in [6.07, 6.45) is 2.38. The monoisotopic (exact) mass is 445 g/mol. The maximum absolute atomic E-state index is 13.0. The standard InChI is InChI=1S/C26H27N3O4/c1-33-23-5-3-2-4-20(23)27-26(32)28-14-21-25(22(16-30)29(21)24(31)15-28)19-12-10-18(11-13-19)9-8-17-6-7-17/h2-5,10-13,17,21-22,25,30H,6-7,14-16H2,1H3,(H,27,32)/t21-,22-,25+/m0/s1. The number of amides is 3. The van der Waals surface area contributed by atoms with Crippen molar-refractivity contribution in [3.05, 3.63) is 59.7 Å². The number of anilines is 1. The number of urea groups is 1. The molecular weight excluding hydrogens is 418 g/mol. The van der Waals surface area contributed by atoms with Crippen LogP contribution in [-0.2, 0) is 4.79 Å². The van der Waals surface area contributed by atoms with Crippen LogP contribution in [0.5, 0.6) is 5.75 Å². The number of fused-ring (bicyclic) bond motifs is 1. The molecule has 2 aromatic carbocycles. The van der Waals surface area contributed by atoms with Gasteiger partial charge in [0.1, 0.15) is 12.3 Å². The average molecular weight is 446 g/mol. The van der Waals surface area contributed by atoms with Gasteiger partial charge in [0.15, 0.2) is 0 Å². The predicted molar refractivity (Wildman–Crippen MR) is 124 cm³/mol. The van der Waals surface area contributed by atoms with E-state index in [1.54, 1.807) is 24.1 Å². The number of aliphatic hydroxyl groups is 1. The maximum Gasteiger partial charge on any atom is 0.322 e. The van der Waals surface area contributed by atoms with Crippen LogP contribution in [0.25, 0.3) is 0 Å². The molecule has 7 nitrogen and oxygen atoms in total. The number of hydrogen-bond donors (Lipinski definition) is 2. The van der Waals surface area contributed by atoms with Crippen LogP contribution in [0.3, 0.4) is 0 Å². The van der Waals surface area contributed by atoms with Crippen LogP contribution in [-0.4, -0.2) is 65.7 Å². The lowest BCUT2D eigenvalue weighted by Crippen LogP contribution is -2.73. The van der Waals surface area contributed by atoms with Gasteiger partial charge in [-0.2, -0.15) is 0 Å². The maximum atomic E-state index is 13.0. The molecule has 3 fully saturated rings. The summed E-state index contributed by atoms with van der Waals surface area (Å²) in [4.78, 5) is 29.1. The fourth-order valence-electron chi connectivity index (χ4n) is 4.80. The van der Waals surface area contributed by atoms with Gasteiger partial charge < -0.3 is 25.0 Å². The van der Waals surface area contributed by atoms with E-state index >= 15 is 0 Å². The molecule has 0 unspecified atom stereocenters. The molecule has 3 aliphatic rings. The van der Waals surface area contributed by atoms with Crippen LogP contribution in [0, 0.1) is 17.8 Å². The van der Waals surface area contributed by atoms with Gasteiger partial charge in [0, 0.05) is 23.9 Å². The Morgan fingerprint density at radius 3 is 2.64 bits per heavy atom. The highest BCUT2D eigenvalue weighted by Gasteiger charge is 2.54. The van der Waals surface area contributed by atoms with E-state index < -0.39 is 0 Å². The fourth-order valence-corrected chi connectivity index (χ4v) is 4.80. The molecule has 3 amide bonds. The van der Waals surface area contributed by atoms with Crippen molar-refractivity contribution in [2.24, 2.45) is 5.92 Å². The highest BCUT2D eigenvalue weighted by Crippen LogP contribution is 2.43. The highest BCUT2D eigenvalue weighted by molar-refractivity contribution is 5.94. The second-order valence-corrected chi connectivity index (χ2v) is 8.82. The first kappa shape index (κ1) is 21.4. The molecule has 5 rings (SSSR count). The van der Waals surface area contributed by atoms with Crippen LogP contribution in [0.4, 0.5) is 10.5 Å². The molecule has 2 N–H and O–H groups in total. The Labute approximate surface area is 193 Å². The van der Waals surface area contributed by atoms with Crippen molar-refractivity contribution in [2.45, 2.75) is 30.8 Å². The summed E-state index contributed by atoms with van der Waals surface area (Å²) in [5.74, 6) is 7.40. The van der Waals surface area contributed by atoms with Gasteiger partial charge in [-0.15, -0.1) is 0 Å². The van der Waals surface area contributed by atoms with Crippen molar-refractivity contribution in [1.82, 2.24) is 9.80 Å². The third-order valence-electron chi connectivity index (χ3n) is 6.68. The number of rotatable bonds is 4. The van der Waals surface area contributed by atoms with E-state index in [9.17, 15) is 14.7 Å². The molecule has 0 bridgehead atoms. The number of carbonyl (C=O) groups excluding carboxylic acids is 2. The van der Waals surface area contributed by atoms with Crippen LogP contribution < -0.4 is 10.1 Å². The molecule has 3 atom stereocenters. The van der Waals surface area contributed by atoms with E-state index in [1.165, 1.54) is 17.7 Å². The molecule has 0 spiro atoms. The van der Waals surface area contributed by atoms with E-state index in [0.717, 1.165) is 11.1 Å². The minimum Gasteiger partial charge on any atom is -0.495 e. The van der Waals surface area contributed by atoms with Crippen molar-refractivity contribution in [3.63, 3.8) is 0 Å². The number of ether oxygens (including phenoxy) is 1. The largest absolute Gasteiger partial charge is 0.495 e. The molecule has 2 aromatic rings. The first-order valence-electron chi connectivity index (χ1n) is 11.3. The van der Waals surface area contributed by atoms with Crippen LogP contribution in [0.2, 0.25) is 0 Å². The minimum atomic E-state index is -0.343. The number of carbonyl (C=O) groups is 2. The zero-order valence-electron chi connectivity index (χ0n) is 18.5. The Morgan fingerprint density at radius 2 is 1.94 bits per heavy atom. The van der Waals surface area contributed by atoms with Gasteiger partial charge in [-0.25, -0.2) is 4.79 Å². The van der Waals surface area contributed by atoms with Crippen molar-refractivity contribution in [2.75, 3.05) is 32.1 Å². The summed E-state index contributed by atoms with van der Waals surface area (Å²) in [5, 5.41) is 12.8. The van der Waals surface area contributed by atoms with Crippen molar-refractivity contribution in [1.29, 1.82) is 0 Å². The molecule has 33 heavy (non-hydrogen) atoms. The fraction of sp³-hybridized carbons (Fsp3) is 0.385. The number of nitrogens with zero attached hydrogens (tertiary/aromatic N) is 2.